The molecule has 1 fully saturated rings. The number of halogens is 1. The standard InChI is InChI=1S/C17H22BrNO3/c18-14-7-4-8-15(11-14)19-16(20)12-22-17(21)10-9-13-5-2-1-3-6-13/h4,7-8,11,13H,1-3,5-6,9-10,12H2,(H,19,20). The molecule has 5 heteroatoms. The van der Waals surface area contributed by atoms with Gasteiger partial charge in [0.05, 0.1) is 0 Å². The van der Waals surface area contributed by atoms with Crippen LogP contribution < -0.4 is 5.32 Å². The van der Waals surface area contributed by atoms with E-state index in [4.69, 9.17) is 4.74 Å². The largest absolute Gasteiger partial charge is 0.456 e. The van der Waals surface area contributed by atoms with E-state index in [1.165, 1.54) is 32.1 Å². The molecule has 1 aromatic carbocycles. The van der Waals surface area contributed by atoms with Crippen LogP contribution in [0.3, 0.4) is 0 Å². The number of carbonyl (C=O) groups is 2. The maximum atomic E-state index is 11.7. The minimum Gasteiger partial charge on any atom is -0.456 e. The maximum absolute atomic E-state index is 11.7. The van der Waals surface area contributed by atoms with Crippen LogP contribution in [-0.4, -0.2) is 18.5 Å². The highest BCUT2D eigenvalue weighted by atomic mass is 79.9. The minimum absolute atomic E-state index is 0.226. The first-order valence-electron chi connectivity index (χ1n) is 7.84. The topological polar surface area (TPSA) is 55.4 Å². The number of anilines is 1. The second kappa shape index (κ2) is 8.93. The van der Waals surface area contributed by atoms with E-state index in [1.54, 1.807) is 12.1 Å². The highest BCUT2D eigenvalue weighted by Gasteiger charge is 2.16. The maximum Gasteiger partial charge on any atom is 0.306 e. The summed E-state index contributed by atoms with van der Waals surface area (Å²) in [7, 11) is 0. The summed E-state index contributed by atoms with van der Waals surface area (Å²) in [6.45, 7) is -0.226. The molecule has 0 spiro atoms. The number of nitrogens with one attached hydrogen (secondary N) is 1. The van der Waals surface area contributed by atoms with Gasteiger partial charge < -0.3 is 10.1 Å². The molecule has 4 nitrogen and oxygen atoms in total. The summed E-state index contributed by atoms with van der Waals surface area (Å²) >= 11 is 3.34. The lowest BCUT2D eigenvalue weighted by molar-refractivity contribution is -0.147. The molecule has 1 amide bonds. The predicted octanol–water partition coefficient (Wildman–Crippen LogP) is 4.29. The summed E-state index contributed by atoms with van der Waals surface area (Å²) in [5.74, 6) is 0.0517. The Morgan fingerprint density at radius 1 is 1.23 bits per heavy atom. The quantitative estimate of drug-likeness (QED) is 0.762. The Hall–Kier alpha value is -1.36. The van der Waals surface area contributed by atoms with Crippen molar-refractivity contribution in [3.05, 3.63) is 28.7 Å². The van der Waals surface area contributed by atoms with Gasteiger partial charge in [-0.1, -0.05) is 54.1 Å². The number of hydrogen-bond donors (Lipinski definition) is 1. The van der Waals surface area contributed by atoms with Crippen LogP contribution in [0.2, 0.25) is 0 Å². The van der Waals surface area contributed by atoms with Gasteiger partial charge in [0.25, 0.3) is 5.91 Å². The van der Waals surface area contributed by atoms with E-state index in [0.717, 1.165) is 10.9 Å². The average Bonchev–Trinajstić information content (AvgIpc) is 2.52. The summed E-state index contributed by atoms with van der Waals surface area (Å²) < 4.78 is 5.92. The lowest BCUT2D eigenvalue weighted by atomic mass is 9.86. The SMILES string of the molecule is O=C(COC(=O)CCC1CCCCC1)Nc1cccc(Br)c1. The Bertz CT molecular complexity index is 512. The van der Waals surface area contributed by atoms with Gasteiger partial charge in [-0.05, 0) is 30.5 Å². The van der Waals surface area contributed by atoms with Gasteiger partial charge in [-0.3, -0.25) is 9.59 Å². The van der Waals surface area contributed by atoms with Crippen molar-refractivity contribution >= 4 is 33.5 Å². The Morgan fingerprint density at radius 3 is 2.73 bits per heavy atom. The highest BCUT2D eigenvalue weighted by molar-refractivity contribution is 9.10. The summed E-state index contributed by atoms with van der Waals surface area (Å²) in [5, 5.41) is 2.70. The molecule has 1 N–H and O–H groups in total. The van der Waals surface area contributed by atoms with Gasteiger partial charge in [0, 0.05) is 16.6 Å². The van der Waals surface area contributed by atoms with Crippen LogP contribution in [0.15, 0.2) is 28.7 Å². The van der Waals surface area contributed by atoms with E-state index in [1.807, 2.05) is 12.1 Å². The van der Waals surface area contributed by atoms with E-state index in [2.05, 4.69) is 21.2 Å². The Kier molecular flexibility index (Phi) is 6.90. The molecule has 0 aliphatic heterocycles. The van der Waals surface area contributed by atoms with Crippen molar-refractivity contribution in [2.24, 2.45) is 5.92 Å². The fourth-order valence-electron chi connectivity index (χ4n) is 2.78. The molecule has 0 unspecified atom stereocenters. The van der Waals surface area contributed by atoms with Crippen molar-refractivity contribution < 1.29 is 14.3 Å². The summed E-state index contributed by atoms with van der Waals surface area (Å²) in [6, 6.07) is 7.28. The molecule has 0 atom stereocenters. The monoisotopic (exact) mass is 367 g/mol. The number of esters is 1. The summed E-state index contributed by atoms with van der Waals surface area (Å²) in [4.78, 5) is 23.4. The molecule has 1 aromatic rings. The molecule has 1 saturated carbocycles. The number of amides is 1. The zero-order valence-electron chi connectivity index (χ0n) is 12.6. The van der Waals surface area contributed by atoms with Gasteiger partial charge in [-0.15, -0.1) is 0 Å². The van der Waals surface area contributed by atoms with Gasteiger partial charge in [-0.25, -0.2) is 0 Å². The number of benzene rings is 1. The van der Waals surface area contributed by atoms with Crippen LogP contribution in [0, 0.1) is 5.92 Å². The number of rotatable bonds is 6. The number of carbonyl (C=O) groups excluding carboxylic acids is 2. The van der Waals surface area contributed by atoms with Gasteiger partial charge >= 0.3 is 5.97 Å². The first kappa shape index (κ1) is 17.0. The first-order chi connectivity index (χ1) is 10.6. The zero-order chi connectivity index (χ0) is 15.8. The van der Waals surface area contributed by atoms with Crippen LogP contribution in [0.4, 0.5) is 5.69 Å². The van der Waals surface area contributed by atoms with E-state index in [-0.39, 0.29) is 18.5 Å². The van der Waals surface area contributed by atoms with Crippen molar-refractivity contribution in [1.82, 2.24) is 0 Å². The highest BCUT2D eigenvalue weighted by Crippen LogP contribution is 2.27. The summed E-state index contributed by atoms with van der Waals surface area (Å²) in [5.41, 5.74) is 0.678. The summed E-state index contributed by atoms with van der Waals surface area (Å²) in [6.07, 6.45) is 7.59. The van der Waals surface area contributed by atoms with E-state index >= 15 is 0 Å². The van der Waals surface area contributed by atoms with Gasteiger partial charge in [-0.2, -0.15) is 0 Å². The second-order valence-electron chi connectivity index (χ2n) is 5.76. The van der Waals surface area contributed by atoms with Crippen LogP contribution >= 0.6 is 15.9 Å². The van der Waals surface area contributed by atoms with Crippen LogP contribution in [0.5, 0.6) is 0 Å². The zero-order valence-corrected chi connectivity index (χ0v) is 14.2. The molecule has 2 rings (SSSR count). The third-order valence-electron chi connectivity index (χ3n) is 3.95. The molecular formula is C17H22BrNO3. The Balaban J connectivity index is 1.64. The smallest absolute Gasteiger partial charge is 0.306 e. The molecule has 0 aromatic heterocycles. The van der Waals surface area contributed by atoms with E-state index in [0.29, 0.717) is 18.0 Å². The van der Waals surface area contributed by atoms with Gasteiger partial charge in [0.2, 0.25) is 0 Å². The van der Waals surface area contributed by atoms with E-state index in [9.17, 15) is 9.59 Å². The van der Waals surface area contributed by atoms with Crippen molar-refractivity contribution in [3.8, 4) is 0 Å². The molecule has 22 heavy (non-hydrogen) atoms. The van der Waals surface area contributed by atoms with Crippen LogP contribution in [-0.2, 0) is 14.3 Å². The molecule has 0 bridgehead atoms. The first-order valence-corrected chi connectivity index (χ1v) is 8.64. The fraction of sp³-hybridized carbons (Fsp3) is 0.529. The normalized spacial score (nSPS) is 15.3. The van der Waals surface area contributed by atoms with Crippen molar-refractivity contribution in [2.75, 3.05) is 11.9 Å². The van der Waals surface area contributed by atoms with E-state index < -0.39 is 0 Å². The molecule has 1 aliphatic carbocycles. The van der Waals surface area contributed by atoms with Crippen molar-refractivity contribution in [1.29, 1.82) is 0 Å². The lowest BCUT2D eigenvalue weighted by Gasteiger charge is -2.20. The lowest BCUT2D eigenvalue weighted by Crippen LogP contribution is -2.21. The predicted molar refractivity (Wildman–Crippen MR) is 89.5 cm³/mol. The molecular weight excluding hydrogens is 346 g/mol. The Morgan fingerprint density at radius 2 is 2.00 bits per heavy atom. The fourth-order valence-corrected chi connectivity index (χ4v) is 3.18. The van der Waals surface area contributed by atoms with Gasteiger partial charge in [0.15, 0.2) is 6.61 Å². The number of hydrogen-bond acceptors (Lipinski definition) is 3. The molecule has 1 aliphatic rings. The van der Waals surface area contributed by atoms with Crippen LogP contribution in [0.25, 0.3) is 0 Å². The van der Waals surface area contributed by atoms with Crippen molar-refractivity contribution in [3.63, 3.8) is 0 Å². The number of ether oxygens (including phenoxy) is 1. The third-order valence-corrected chi connectivity index (χ3v) is 4.45. The van der Waals surface area contributed by atoms with Crippen LogP contribution in [0.1, 0.15) is 44.9 Å². The third kappa shape index (κ3) is 6.18. The van der Waals surface area contributed by atoms with Gasteiger partial charge in [0.1, 0.15) is 0 Å². The minimum atomic E-state index is -0.316. The van der Waals surface area contributed by atoms with Crippen molar-refractivity contribution in [2.45, 2.75) is 44.9 Å². The molecule has 0 radical (unpaired) electrons. The molecule has 120 valence electrons. The average molecular weight is 368 g/mol. The molecule has 0 saturated heterocycles. The molecule has 0 heterocycles. The second-order valence-corrected chi connectivity index (χ2v) is 6.68. The Labute approximate surface area is 139 Å².